The fourth-order valence-electron chi connectivity index (χ4n) is 2.97. The Bertz CT molecular complexity index is 413. The molecule has 0 saturated carbocycles. The van der Waals surface area contributed by atoms with Crippen LogP contribution in [0.5, 0.6) is 0 Å². The first-order valence-electron chi connectivity index (χ1n) is 6.84. The highest BCUT2D eigenvalue weighted by Gasteiger charge is 2.19. The third-order valence-electron chi connectivity index (χ3n) is 4.00. The highest BCUT2D eigenvalue weighted by molar-refractivity contribution is 7.10. The Labute approximate surface area is 108 Å². The van der Waals surface area contributed by atoms with Gasteiger partial charge < -0.3 is 0 Å². The van der Waals surface area contributed by atoms with Gasteiger partial charge in [-0.2, -0.15) is 0 Å². The van der Waals surface area contributed by atoms with Crippen molar-refractivity contribution in [3.63, 3.8) is 0 Å². The second-order valence-corrected chi connectivity index (χ2v) is 6.33. The lowest BCUT2D eigenvalue weighted by atomic mass is 9.94. The van der Waals surface area contributed by atoms with E-state index in [-0.39, 0.29) is 0 Å². The van der Waals surface area contributed by atoms with Crippen LogP contribution in [0.3, 0.4) is 0 Å². The summed E-state index contributed by atoms with van der Waals surface area (Å²) in [6.45, 7) is 6.11. The van der Waals surface area contributed by atoms with Crippen LogP contribution in [0.1, 0.15) is 54.5 Å². The van der Waals surface area contributed by atoms with E-state index in [0.29, 0.717) is 0 Å². The van der Waals surface area contributed by atoms with Crippen LogP contribution in [0.2, 0.25) is 0 Å². The van der Waals surface area contributed by atoms with E-state index < -0.39 is 0 Å². The number of nitrogens with zero attached hydrogens (tertiary/aromatic N) is 1. The van der Waals surface area contributed by atoms with Gasteiger partial charge in [-0.3, -0.25) is 4.90 Å². The molecule has 1 aromatic rings. The van der Waals surface area contributed by atoms with Crippen molar-refractivity contribution in [3.8, 4) is 0 Å². The minimum absolute atomic E-state index is 0.732. The van der Waals surface area contributed by atoms with Crippen molar-refractivity contribution in [1.29, 1.82) is 0 Å². The zero-order valence-electron chi connectivity index (χ0n) is 10.6. The summed E-state index contributed by atoms with van der Waals surface area (Å²) in [5, 5.41) is 2.39. The molecule has 1 fully saturated rings. The van der Waals surface area contributed by atoms with Crippen molar-refractivity contribution in [2.75, 3.05) is 13.1 Å². The van der Waals surface area contributed by atoms with Crippen molar-refractivity contribution in [3.05, 3.63) is 27.5 Å². The van der Waals surface area contributed by atoms with Gasteiger partial charge in [-0.1, -0.05) is 25.5 Å². The average Bonchev–Trinajstić information content (AvgIpc) is 2.76. The lowest BCUT2D eigenvalue weighted by Gasteiger charge is -2.26. The molecule has 0 bridgehead atoms. The number of allylic oxidation sites excluding steroid dienone is 1. The molecular formula is C15H21NS. The number of thiophene rings is 1. The Hall–Kier alpha value is -0.600. The summed E-state index contributed by atoms with van der Waals surface area (Å²) in [5.74, 6) is 0.732. The van der Waals surface area contributed by atoms with Crippen molar-refractivity contribution >= 4 is 17.4 Å². The maximum Gasteiger partial charge on any atom is 0.0248 e. The summed E-state index contributed by atoms with van der Waals surface area (Å²) < 4.78 is 0. The molecule has 1 nitrogen and oxygen atoms in total. The molecule has 3 rings (SSSR count). The zero-order chi connectivity index (χ0) is 11.7. The van der Waals surface area contributed by atoms with Crippen LogP contribution in [0.15, 0.2) is 11.5 Å². The highest BCUT2D eigenvalue weighted by atomic mass is 32.1. The van der Waals surface area contributed by atoms with E-state index in [4.69, 9.17) is 0 Å². The molecule has 0 spiro atoms. The second-order valence-electron chi connectivity index (χ2n) is 5.41. The molecule has 1 atom stereocenters. The lowest BCUT2D eigenvalue weighted by molar-refractivity contribution is 0.221. The summed E-state index contributed by atoms with van der Waals surface area (Å²) in [7, 11) is 0. The van der Waals surface area contributed by atoms with Crippen LogP contribution < -0.4 is 0 Å². The first kappa shape index (κ1) is 11.5. The van der Waals surface area contributed by atoms with Crippen molar-refractivity contribution in [2.24, 2.45) is 0 Å². The molecule has 1 aliphatic carbocycles. The highest BCUT2D eigenvalue weighted by Crippen LogP contribution is 2.37. The molecule has 1 aromatic heterocycles. The van der Waals surface area contributed by atoms with Crippen LogP contribution in [0, 0.1) is 0 Å². The van der Waals surface area contributed by atoms with Crippen LogP contribution >= 0.6 is 11.3 Å². The molecule has 2 heterocycles. The van der Waals surface area contributed by atoms with E-state index in [1.54, 1.807) is 16.0 Å². The van der Waals surface area contributed by atoms with Gasteiger partial charge in [0, 0.05) is 11.4 Å². The quantitative estimate of drug-likeness (QED) is 0.755. The third kappa shape index (κ3) is 2.34. The summed E-state index contributed by atoms with van der Waals surface area (Å²) in [4.78, 5) is 4.23. The molecule has 1 unspecified atom stereocenters. The summed E-state index contributed by atoms with van der Waals surface area (Å²) in [5.41, 5.74) is 3.11. The van der Waals surface area contributed by atoms with Gasteiger partial charge in [-0.25, -0.2) is 0 Å². The smallest absolute Gasteiger partial charge is 0.0248 e. The molecule has 1 saturated heterocycles. The Morgan fingerprint density at radius 2 is 2.12 bits per heavy atom. The molecule has 0 radical (unpaired) electrons. The van der Waals surface area contributed by atoms with Gasteiger partial charge >= 0.3 is 0 Å². The van der Waals surface area contributed by atoms with E-state index in [1.807, 2.05) is 11.3 Å². The fourth-order valence-corrected chi connectivity index (χ4v) is 4.09. The SMILES string of the molecule is CC1CC=Cc2c(CN3CCCCC3)csc21. The predicted octanol–water partition coefficient (Wildman–Crippen LogP) is 4.25. The number of hydrogen-bond acceptors (Lipinski definition) is 2. The van der Waals surface area contributed by atoms with E-state index >= 15 is 0 Å². The van der Waals surface area contributed by atoms with Crippen molar-refractivity contribution in [1.82, 2.24) is 4.90 Å². The normalized spacial score (nSPS) is 24.9. The fraction of sp³-hybridized carbons (Fsp3) is 0.600. The zero-order valence-corrected chi connectivity index (χ0v) is 11.4. The van der Waals surface area contributed by atoms with Gasteiger partial charge in [0.1, 0.15) is 0 Å². The predicted molar refractivity (Wildman–Crippen MR) is 75.5 cm³/mol. The summed E-state index contributed by atoms with van der Waals surface area (Å²) >= 11 is 1.97. The van der Waals surface area contributed by atoms with Gasteiger partial charge in [-0.05, 0) is 54.8 Å². The minimum Gasteiger partial charge on any atom is -0.299 e. The number of likely N-dealkylation sites (tertiary alicyclic amines) is 1. The van der Waals surface area contributed by atoms with Crippen molar-refractivity contribution < 1.29 is 0 Å². The molecule has 0 amide bonds. The first-order chi connectivity index (χ1) is 8.34. The first-order valence-corrected chi connectivity index (χ1v) is 7.71. The molecule has 92 valence electrons. The third-order valence-corrected chi connectivity index (χ3v) is 5.28. The molecule has 2 aliphatic rings. The monoisotopic (exact) mass is 247 g/mol. The van der Waals surface area contributed by atoms with Gasteiger partial charge in [0.25, 0.3) is 0 Å². The van der Waals surface area contributed by atoms with Crippen LogP contribution in [-0.4, -0.2) is 18.0 Å². The van der Waals surface area contributed by atoms with E-state index in [2.05, 4.69) is 29.4 Å². The van der Waals surface area contributed by atoms with Gasteiger partial charge in [0.05, 0.1) is 0 Å². The maximum absolute atomic E-state index is 2.62. The number of hydrogen-bond donors (Lipinski definition) is 0. The number of fused-ring (bicyclic) bond motifs is 1. The Morgan fingerprint density at radius 1 is 1.29 bits per heavy atom. The standard InChI is InChI=1S/C15H21NS/c1-12-6-5-7-14-13(11-17-15(12)14)10-16-8-3-2-4-9-16/h5,7,11-12H,2-4,6,8-10H2,1H3. The van der Waals surface area contributed by atoms with Crippen LogP contribution in [-0.2, 0) is 6.54 Å². The molecule has 0 N–H and O–H groups in total. The van der Waals surface area contributed by atoms with E-state index in [9.17, 15) is 0 Å². The molecule has 0 aromatic carbocycles. The maximum atomic E-state index is 2.62. The molecule has 2 heteroatoms. The summed E-state index contributed by atoms with van der Waals surface area (Å²) in [6.07, 6.45) is 10.1. The van der Waals surface area contributed by atoms with Gasteiger partial charge in [-0.15, -0.1) is 11.3 Å². The van der Waals surface area contributed by atoms with Gasteiger partial charge in [0.15, 0.2) is 0 Å². The van der Waals surface area contributed by atoms with E-state index in [0.717, 1.165) is 5.92 Å². The van der Waals surface area contributed by atoms with Crippen LogP contribution in [0.4, 0.5) is 0 Å². The Kier molecular flexibility index (Phi) is 3.34. The largest absolute Gasteiger partial charge is 0.299 e. The number of rotatable bonds is 2. The Morgan fingerprint density at radius 3 is 2.94 bits per heavy atom. The average molecular weight is 247 g/mol. The van der Waals surface area contributed by atoms with Crippen LogP contribution in [0.25, 0.3) is 6.08 Å². The number of piperidine rings is 1. The lowest BCUT2D eigenvalue weighted by Crippen LogP contribution is -2.29. The second kappa shape index (κ2) is 4.95. The molecule has 1 aliphatic heterocycles. The topological polar surface area (TPSA) is 3.24 Å². The van der Waals surface area contributed by atoms with Crippen molar-refractivity contribution in [2.45, 2.75) is 45.1 Å². The van der Waals surface area contributed by atoms with E-state index in [1.165, 1.54) is 45.3 Å². The Balaban J connectivity index is 1.78. The van der Waals surface area contributed by atoms with Gasteiger partial charge in [0.2, 0.25) is 0 Å². The summed E-state index contributed by atoms with van der Waals surface area (Å²) in [6, 6.07) is 0. The minimum atomic E-state index is 0.732. The molecular weight excluding hydrogens is 226 g/mol. The molecule has 17 heavy (non-hydrogen) atoms.